The molecule has 9 nitrogen and oxygen atoms in total. The zero-order chi connectivity index (χ0) is 24.2. The summed E-state index contributed by atoms with van der Waals surface area (Å²) in [5.41, 5.74) is 1.82. The molecule has 174 valence electrons. The molecular weight excluding hydrogens is 414 g/mol. The number of amides is 3. The lowest BCUT2D eigenvalue weighted by Crippen LogP contribution is -2.54. The van der Waals surface area contributed by atoms with Crippen LogP contribution in [0.3, 0.4) is 0 Å². The third kappa shape index (κ3) is 6.15. The number of carbonyl (C=O) groups is 5. The molecule has 0 saturated carbocycles. The fourth-order valence-corrected chi connectivity index (χ4v) is 3.90. The number of nitrogens with zero attached hydrogens (tertiary/aromatic N) is 1. The fourth-order valence-electron chi connectivity index (χ4n) is 3.90. The molecule has 1 aromatic rings. The van der Waals surface area contributed by atoms with E-state index in [4.69, 9.17) is 5.11 Å². The molecule has 2 rings (SSSR count). The number of rotatable bonds is 8. The van der Waals surface area contributed by atoms with Gasteiger partial charge >= 0.3 is 5.97 Å². The third-order valence-electron chi connectivity index (χ3n) is 5.55. The van der Waals surface area contributed by atoms with Crippen LogP contribution >= 0.6 is 0 Å². The van der Waals surface area contributed by atoms with Crippen LogP contribution in [0.2, 0.25) is 0 Å². The Morgan fingerprint density at radius 3 is 2.47 bits per heavy atom. The Bertz CT molecular complexity index is 926. The second-order valence-electron chi connectivity index (χ2n) is 9.21. The Morgan fingerprint density at radius 2 is 1.88 bits per heavy atom. The molecule has 0 bridgehead atoms. The molecule has 0 spiro atoms. The van der Waals surface area contributed by atoms with Crippen LogP contribution < -0.4 is 10.6 Å². The number of carboxylic acids is 1. The fraction of sp³-hybridized carbons (Fsp3) is 0.522. The van der Waals surface area contributed by atoms with Crippen molar-refractivity contribution in [2.24, 2.45) is 5.41 Å². The number of carboxylic acid groups (broad SMARTS) is 1. The van der Waals surface area contributed by atoms with E-state index >= 15 is 0 Å². The van der Waals surface area contributed by atoms with Crippen molar-refractivity contribution in [3.05, 3.63) is 34.9 Å². The van der Waals surface area contributed by atoms with Crippen LogP contribution in [0.15, 0.2) is 18.2 Å². The SMILES string of the molecule is Cc1ccc(C)c(C(=O)N[C@@H](C)C(=O)N2CC(C)(C)C[C@H]2C(=O)N[C@H](C=O)CC(=O)O)c1. The van der Waals surface area contributed by atoms with Gasteiger partial charge in [-0.2, -0.15) is 0 Å². The molecule has 1 aliphatic heterocycles. The highest BCUT2D eigenvalue weighted by Gasteiger charge is 2.45. The summed E-state index contributed by atoms with van der Waals surface area (Å²) in [4.78, 5) is 62.1. The largest absolute Gasteiger partial charge is 0.481 e. The van der Waals surface area contributed by atoms with E-state index in [9.17, 15) is 24.0 Å². The van der Waals surface area contributed by atoms with E-state index in [1.165, 1.54) is 4.90 Å². The summed E-state index contributed by atoms with van der Waals surface area (Å²) in [6, 6.07) is 2.55. The van der Waals surface area contributed by atoms with Crippen molar-refractivity contribution < 1.29 is 29.1 Å². The standard InChI is InChI=1S/C23H31N3O6/c1-13-6-7-14(2)17(8-13)20(30)24-15(3)22(32)26-12-23(4,5)10-18(26)21(31)25-16(11-27)9-19(28)29/h6-8,11,15-16,18H,9-10,12H2,1-5H3,(H,24,30)(H,25,31)(H,28,29)/t15-,16-,18-/m0/s1. The number of aliphatic carboxylic acids is 1. The zero-order valence-electron chi connectivity index (χ0n) is 19.1. The van der Waals surface area contributed by atoms with Crippen LogP contribution in [0.4, 0.5) is 0 Å². The maximum atomic E-state index is 13.2. The summed E-state index contributed by atoms with van der Waals surface area (Å²) >= 11 is 0. The summed E-state index contributed by atoms with van der Waals surface area (Å²) in [5, 5.41) is 14.0. The van der Waals surface area contributed by atoms with Gasteiger partial charge in [0.15, 0.2) is 0 Å². The number of aryl methyl sites for hydroxylation is 2. The minimum atomic E-state index is -1.22. The lowest BCUT2D eigenvalue weighted by molar-refractivity contribution is -0.141. The maximum Gasteiger partial charge on any atom is 0.305 e. The lowest BCUT2D eigenvalue weighted by Gasteiger charge is -2.28. The minimum absolute atomic E-state index is 0.290. The maximum absolute atomic E-state index is 13.2. The predicted octanol–water partition coefficient (Wildman–Crippen LogP) is 1.21. The van der Waals surface area contributed by atoms with E-state index in [-0.39, 0.29) is 17.9 Å². The molecule has 1 fully saturated rings. The molecule has 1 saturated heterocycles. The van der Waals surface area contributed by atoms with Crippen molar-refractivity contribution in [2.45, 2.75) is 65.6 Å². The van der Waals surface area contributed by atoms with Gasteiger partial charge in [0, 0.05) is 12.1 Å². The molecule has 0 radical (unpaired) electrons. The summed E-state index contributed by atoms with van der Waals surface area (Å²) in [7, 11) is 0. The second-order valence-corrected chi connectivity index (χ2v) is 9.21. The third-order valence-corrected chi connectivity index (χ3v) is 5.55. The molecule has 1 aromatic carbocycles. The monoisotopic (exact) mass is 445 g/mol. The quantitative estimate of drug-likeness (QED) is 0.515. The molecule has 3 atom stereocenters. The molecule has 0 unspecified atom stereocenters. The van der Waals surface area contributed by atoms with Crippen molar-refractivity contribution in [1.82, 2.24) is 15.5 Å². The lowest BCUT2D eigenvalue weighted by atomic mass is 9.90. The number of benzene rings is 1. The van der Waals surface area contributed by atoms with Crippen molar-refractivity contribution in [2.75, 3.05) is 6.54 Å². The first-order valence-electron chi connectivity index (χ1n) is 10.5. The zero-order valence-corrected chi connectivity index (χ0v) is 19.1. The van der Waals surface area contributed by atoms with Crippen molar-refractivity contribution in [3.63, 3.8) is 0 Å². The summed E-state index contributed by atoms with van der Waals surface area (Å²) in [6.07, 6.45) is 0.174. The van der Waals surface area contributed by atoms with Gasteiger partial charge in [0.05, 0.1) is 12.5 Å². The topological polar surface area (TPSA) is 133 Å². The molecule has 3 N–H and O–H groups in total. The first-order valence-corrected chi connectivity index (χ1v) is 10.5. The van der Waals surface area contributed by atoms with Crippen LogP contribution in [0.5, 0.6) is 0 Å². The highest BCUT2D eigenvalue weighted by Crippen LogP contribution is 2.34. The Labute approximate surface area is 187 Å². The van der Waals surface area contributed by atoms with Gasteiger partial charge < -0.3 is 25.4 Å². The van der Waals surface area contributed by atoms with Gasteiger partial charge in [0.1, 0.15) is 18.4 Å². The van der Waals surface area contributed by atoms with Crippen LogP contribution in [0, 0.1) is 19.3 Å². The van der Waals surface area contributed by atoms with E-state index in [0.717, 1.165) is 11.1 Å². The van der Waals surface area contributed by atoms with Crippen molar-refractivity contribution in [1.29, 1.82) is 0 Å². The first-order chi connectivity index (χ1) is 14.8. The summed E-state index contributed by atoms with van der Waals surface area (Å²) in [6.45, 7) is 9.35. The van der Waals surface area contributed by atoms with E-state index < -0.39 is 42.3 Å². The van der Waals surface area contributed by atoms with Crippen LogP contribution in [0.1, 0.15) is 55.1 Å². The van der Waals surface area contributed by atoms with Crippen LogP contribution in [-0.2, 0) is 19.2 Å². The number of nitrogens with one attached hydrogen (secondary N) is 2. The highest BCUT2D eigenvalue weighted by molar-refractivity contribution is 5.99. The Balaban J connectivity index is 2.15. The average molecular weight is 446 g/mol. The number of carbonyl (C=O) groups excluding carboxylic acids is 4. The number of likely N-dealkylation sites (tertiary alicyclic amines) is 1. The van der Waals surface area contributed by atoms with E-state index in [1.807, 2.05) is 39.8 Å². The normalized spacial score (nSPS) is 19.0. The van der Waals surface area contributed by atoms with Crippen molar-refractivity contribution in [3.8, 4) is 0 Å². The predicted molar refractivity (Wildman–Crippen MR) is 117 cm³/mol. The smallest absolute Gasteiger partial charge is 0.305 e. The van der Waals surface area contributed by atoms with E-state index in [0.29, 0.717) is 18.3 Å². The molecule has 9 heteroatoms. The molecule has 1 aliphatic rings. The summed E-state index contributed by atoms with van der Waals surface area (Å²) in [5.74, 6) is -2.61. The van der Waals surface area contributed by atoms with Gasteiger partial charge in [-0.05, 0) is 44.2 Å². The first kappa shape index (κ1) is 25.0. The molecule has 1 heterocycles. The number of aldehydes is 1. The van der Waals surface area contributed by atoms with E-state index in [2.05, 4.69) is 10.6 Å². The van der Waals surface area contributed by atoms with Gasteiger partial charge in [0.2, 0.25) is 11.8 Å². The van der Waals surface area contributed by atoms with Crippen LogP contribution in [0.25, 0.3) is 0 Å². The van der Waals surface area contributed by atoms with E-state index in [1.54, 1.807) is 13.0 Å². The summed E-state index contributed by atoms with van der Waals surface area (Å²) < 4.78 is 0. The van der Waals surface area contributed by atoms with Gasteiger partial charge in [-0.1, -0.05) is 31.5 Å². The minimum Gasteiger partial charge on any atom is -0.481 e. The van der Waals surface area contributed by atoms with Gasteiger partial charge in [0.25, 0.3) is 5.91 Å². The molecular formula is C23H31N3O6. The Morgan fingerprint density at radius 1 is 1.22 bits per heavy atom. The second kappa shape index (κ2) is 9.93. The Kier molecular flexibility index (Phi) is 7.77. The van der Waals surface area contributed by atoms with Crippen LogP contribution in [-0.4, -0.2) is 64.7 Å². The highest BCUT2D eigenvalue weighted by atomic mass is 16.4. The number of hydrogen-bond acceptors (Lipinski definition) is 5. The molecule has 3 amide bonds. The molecule has 0 aliphatic carbocycles. The molecule has 0 aromatic heterocycles. The average Bonchev–Trinajstić information content (AvgIpc) is 3.03. The van der Waals surface area contributed by atoms with Gasteiger partial charge in [-0.15, -0.1) is 0 Å². The van der Waals surface area contributed by atoms with Gasteiger partial charge in [-0.3, -0.25) is 19.2 Å². The molecule has 32 heavy (non-hydrogen) atoms. The number of hydrogen-bond donors (Lipinski definition) is 3. The van der Waals surface area contributed by atoms with Crippen molar-refractivity contribution >= 4 is 30.0 Å². The van der Waals surface area contributed by atoms with Gasteiger partial charge in [-0.25, -0.2) is 0 Å². The Hall–Kier alpha value is -3.23.